The van der Waals surface area contributed by atoms with Crippen LogP contribution in [0.1, 0.15) is 20.3 Å². The molecule has 14 heavy (non-hydrogen) atoms. The number of carbonyl (C=O) groups is 1. The molecule has 1 aromatic rings. The minimum absolute atomic E-state index is 0.238. The Morgan fingerprint density at radius 3 is 2.64 bits per heavy atom. The Balaban J connectivity index is 3.03. The van der Waals surface area contributed by atoms with E-state index < -0.39 is 15.1 Å². The third-order valence-electron chi connectivity index (χ3n) is 2.04. The average Bonchev–Trinajstić information content (AvgIpc) is 2.68. The normalized spacial score (nSPS) is 13.9. The average molecular weight is 232 g/mol. The summed E-state index contributed by atoms with van der Waals surface area (Å²) >= 11 is 1.15. The molecule has 0 fully saturated rings. The van der Waals surface area contributed by atoms with E-state index in [0.717, 1.165) is 11.3 Å². The summed E-state index contributed by atoms with van der Waals surface area (Å²) in [5.41, 5.74) is 0. The predicted molar refractivity (Wildman–Crippen MR) is 56.3 cm³/mol. The van der Waals surface area contributed by atoms with Gasteiger partial charge in [-0.1, -0.05) is 13.0 Å². The Bertz CT molecular complexity index is 403. The Hall–Kier alpha value is -0.680. The molecule has 0 aliphatic rings. The van der Waals surface area contributed by atoms with Crippen LogP contribution >= 0.6 is 11.3 Å². The fraction of sp³-hybridized carbons (Fsp3) is 0.444. The Labute approximate surface area is 87.7 Å². The fourth-order valence-corrected chi connectivity index (χ4v) is 3.77. The lowest BCUT2D eigenvalue weighted by Gasteiger charge is -2.08. The fourth-order valence-electron chi connectivity index (χ4n) is 1.06. The first-order valence-electron chi connectivity index (χ1n) is 4.30. The summed E-state index contributed by atoms with van der Waals surface area (Å²) in [5, 5.41) is 0.766. The first-order valence-corrected chi connectivity index (χ1v) is 6.73. The molecule has 1 heterocycles. The molecule has 5 heteroatoms. The highest BCUT2D eigenvalue weighted by Crippen LogP contribution is 2.21. The summed E-state index contributed by atoms with van der Waals surface area (Å²) in [7, 11) is -3.44. The molecule has 1 rings (SSSR count). The van der Waals surface area contributed by atoms with Crippen molar-refractivity contribution in [3.05, 3.63) is 17.5 Å². The SMILES string of the molecule is CCC(=O)C(C)S(=O)(=O)c1cccs1. The van der Waals surface area contributed by atoms with E-state index >= 15 is 0 Å². The maximum atomic E-state index is 11.8. The van der Waals surface area contributed by atoms with Crippen molar-refractivity contribution in [2.45, 2.75) is 29.7 Å². The molecule has 0 aliphatic heterocycles. The Morgan fingerprint density at radius 1 is 1.57 bits per heavy atom. The molecule has 1 unspecified atom stereocenters. The maximum Gasteiger partial charge on any atom is 0.197 e. The molecule has 1 aromatic heterocycles. The van der Waals surface area contributed by atoms with Gasteiger partial charge in [0.15, 0.2) is 15.6 Å². The zero-order chi connectivity index (χ0) is 10.8. The maximum absolute atomic E-state index is 11.8. The van der Waals surface area contributed by atoms with E-state index in [1.54, 1.807) is 18.4 Å². The van der Waals surface area contributed by atoms with Crippen LogP contribution in [0.3, 0.4) is 0 Å². The van der Waals surface area contributed by atoms with Gasteiger partial charge < -0.3 is 0 Å². The van der Waals surface area contributed by atoms with E-state index in [2.05, 4.69) is 0 Å². The van der Waals surface area contributed by atoms with Crippen LogP contribution in [0.2, 0.25) is 0 Å². The number of ketones is 1. The third kappa shape index (κ3) is 2.04. The molecule has 0 amide bonds. The Kier molecular flexibility index (Phi) is 3.44. The van der Waals surface area contributed by atoms with E-state index in [0.29, 0.717) is 0 Å². The van der Waals surface area contributed by atoms with Gasteiger partial charge >= 0.3 is 0 Å². The van der Waals surface area contributed by atoms with Crippen molar-refractivity contribution >= 4 is 27.0 Å². The molecule has 0 saturated heterocycles. The molecule has 0 N–H and O–H groups in total. The van der Waals surface area contributed by atoms with Crippen molar-refractivity contribution in [2.24, 2.45) is 0 Å². The Morgan fingerprint density at radius 2 is 2.21 bits per heavy atom. The van der Waals surface area contributed by atoms with Crippen LogP contribution in [0, 0.1) is 0 Å². The highest BCUT2D eigenvalue weighted by molar-refractivity contribution is 7.94. The van der Waals surface area contributed by atoms with E-state index in [1.165, 1.54) is 13.0 Å². The van der Waals surface area contributed by atoms with E-state index in [-0.39, 0.29) is 16.4 Å². The summed E-state index contributed by atoms with van der Waals surface area (Å²) < 4.78 is 23.8. The van der Waals surface area contributed by atoms with Gasteiger partial charge in [0.1, 0.15) is 9.46 Å². The van der Waals surface area contributed by atoms with E-state index in [1.807, 2.05) is 0 Å². The lowest BCUT2D eigenvalue weighted by Crippen LogP contribution is -2.26. The van der Waals surface area contributed by atoms with Crippen molar-refractivity contribution in [1.29, 1.82) is 0 Å². The monoisotopic (exact) mass is 232 g/mol. The van der Waals surface area contributed by atoms with Gasteiger partial charge in [-0.05, 0) is 18.4 Å². The van der Waals surface area contributed by atoms with Crippen molar-refractivity contribution in [1.82, 2.24) is 0 Å². The molecular formula is C9H12O3S2. The topological polar surface area (TPSA) is 51.2 Å². The molecule has 0 radical (unpaired) electrons. The first-order chi connectivity index (χ1) is 6.50. The molecular weight excluding hydrogens is 220 g/mol. The second-order valence-corrected chi connectivity index (χ2v) is 6.38. The van der Waals surface area contributed by atoms with Crippen molar-refractivity contribution in [3.63, 3.8) is 0 Å². The second kappa shape index (κ2) is 4.23. The van der Waals surface area contributed by atoms with Gasteiger partial charge in [-0.2, -0.15) is 0 Å². The van der Waals surface area contributed by atoms with E-state index in [9.17, 15) is 13.2 Å². The minimum atomic E-state index is -3.44. The van der Waals surface area contributed by atoms with Crippen molar-refractivity contribution in [2.75, 3.05) is 0 Å². The lowest BCUT2D eigenvalue weighted by atomic mass is 10.2. The van der Waals surface area contributed by atoms with Gasteiger partial charge in [0.25, 0.3) is 0 Å². The van der Waals surface area contributed by atoms with Crippen LogP contribution < -0.4 is 0 Å². The van der Waals surface area contributed by atoms with Crippen LogP contribution in [-0.4, -0.2) is 19.5 Å². The lowest BCUT2D eigenvalue weighted by molar-refractivity contribution is -0.118. The molecule has 3 nitrogen and oxygen atoms in total. The number of carbonyl (C=O) groups excluding carboxylic acids is 1. The molecule has 0 bridgehead atoms. The molecule has 78 valence electrons. The largest absolute Gasteiger partial charge is 0.298 e. The summed E-state index contributed by atoms with van der Waals surface area (Å²) in [6, 6.07) is 3.19. The van der Waals surface area contributed by atoms with Gasteiger partial charge in [0.2, 0.25) is 0 Å². The zero-order valence-electron chi connectivity index (χ0n) is 8.06. The highest BCUT2D eigenvalue weighted by Gasteiger charge is 2.28. The minimum Gasteiger partial charge on any atom is -0.298 e. The summed E-state index contributed by atoms with van der Waals surface area (Å²) in [5.74, 6) is -0.238. The third-order valence-corrected chi connectivity index (χ3v) is 5.58. The second-order valence-electron chi connectivity index (χ2n) is 2.94. The molecule has 0 aliphatic carbocycles. The van der Waals surface area contributed by atoms with Crippen molar-refractivity contribution < 1.29 is 13.2 Å². The van der Waals surface area contributed by atoms with Crippen LogP contribution in [0.4, 0.5) is 0 Å². The predicted octanol–water partition coefficient (Wildman–Crippen LogP) is 1.89. The zero-order valence-corrected chi connectivity index (χ0v) is 9.69. The summed E-state index contributed by atoms with van der Waals surface area (Å²) in [4.78, 5) is 11.3. The van der Waals surface area contributed by atoms with Gasteiger partial charge in [0, 0.05) is 6.42 Å². The van der Waals surface area contributed by atoms with Crippen LogP contribution in [-0.2, 0) is 14.6 Å². The summed E-state index contributed by atoms with van der Waals surface area (Å²) in [6.45, 7) is 3.11. The number of hydrogen-bond acceptors (Lipinski definition) is 4. The van der Waals surface area contributed by atoms with Gasteiger partial charge in [-0.25, -0.2) is 8.42 Å². The quantitative estimate of drug-likeness (QED) is 0.796. The molecule has 0 saturated carbocycles. The smallest absolute Gasteiger partial charge is 0.197 e. The number of sulfone groups is 1. The van der Waals surface area contributed by atoms with Crippen molar-refractivity contribution in [3.8, 4) is 0 Å². The molecule has 0 aromatic carbocycles. The highest BCUT2D eigenvalue weighted by atomic mass is 32.2. The number of thiophene rings is 1. The van der Waals surface area contributed by atoms with Gasteiger partial charge in [-0.3, -0.25) is 4.79 Å². The van der Waals surface area contributed by atoms with Crippen LogP contribution in [0.5, 0.6) is 0 Å². The number of rotatable bonds is 4. The van der Waals surface area contributed by atoms with Gasteiger partial charge in [0.05, 0.1) is 0 Å². The van der Waals surface area contributed by atoms with E-state index in [4.69, 9.17) is 0 Å². The van der Waals surface area contributed by atoms with Crippen LogP contribution in [0.15, 0.2) is 21.7 Å². The molecule has 0 spiro atoms. The van der Waals surface area contributed by atoms with Crippen LogP contribution in [0.25, 0.3) is 0 Å². The standard InChI is InChI=1S/C9H12O3S2/c1-3-8(10)7(2)14(11,12)9-5-4-6-13-9/h4-7H,3H2,1-2H3. The first kappa shape index (κ1) is 11.4. The molecule has 1 atom stereocenters. The van der Waals surface area contributed by atoms with Gasteiger partial charge in [-0.15, -0.1) is 11.3 Å². The summed E-state index contributed by atoms with van der Waals surface area (Å²) in [6.07, 6.45) is 0.256. The number of Topliss-reactive ketones (excluding diaryl/α,β-unsaturated/α-hetero) is 1. The number of hydrogen-bond donors (Lipinski definition) is 0.